The smallest absolute Gasteiger partial charge is 0.254 e. The molecule has 1 amide bonds. The third kappa shape index (κ3) is 3.57. The topological polar surface area (TPSA) is 49.8 Å². The highest BCUT2D eigenvalue weighted by Crippen LogP contribution is 2.21. The molecule has 1 aliphatic heterocycles. The summed E-state index contributed by atoms with van der Waals surface area (Å²) in [4.78, 5) is 15.0. The van der Waals surface area contributed by atoms with Crippen LogP contribution in [0.2, 0.25) is 0 Å². The molecule has 0 bridgehead atoms. The fourth-order valence-corrected chi connectivity index (χ4v) is 2.76. The van der Waals surface area contributed by atoms with Crippen molar-refractivity contribution in [3.63, 3.8) is 0 Å². The lowest BCUT2D eigenvalue weighted by molar-refractivity contribution is -0.0763. The van der Waals surface area contributed by atoms with E-state index in [1.54, 1.807) is 6.07 Å². The molecule has 1 aliphatic rings. The first-order valence-corrected chi connectivity index (χ1v) is 7.01. The van der Waals surface area contributed by atoms with Gasteiger partial charge in [0, 0.05) is 18.5 Å². The number of hydrogen-bond donors (Lipinski definition) is 1. The normalized spacial score (nSPS) is 17.7. The van der Waals surface area contributed by atoms with Crippen LogP contribution in [0.4, 0.5) is 0 Å². The number of thiophene rings is 1. The van der Waals surface area contributed by atoms with E-state index in [9.17, 15) is 4.79 Å². The van der Waals surface area contributed by atoms with Crippen molar-refractivity contribution >= 4 is 17.2 Å². The molecule has 102 valence electrons. The van der Waals surface area contributed by atoms with Crippen LogP contribution in [-0.2, 0) is 4.74 Å². The summed E-state index contributed by atoms with van der Waals surface area (Å²) in [5.41, 5.74) is 0.369. The maximum Gasteiger partial charge on any atom is 0.254 e. The molecule has 1 N–H and O–H groups in total. The minimum atomic E-state index is -0.288. The van der Waals surface area contributed by atoms with E-state index in [1.807, 2.05) is 24.1 Å². The highest BCUT2D eigenvalue weighted by atomic mass is 32.1. The summed E-state index contributed by atoms with van der Waals surface area (Å²) in [7, 11) is 0. The number of carbonyl (C=O) groups excluding carboxylic acids is 1. The van der Waals surface area contributed by atoms with Gasteiger partial charge in [-0.15, -0.1) is 11.3 Å². The van der Waals surface area contributed by atoms with Gasteiger partial charge < -0.3 is 14.7 Å². The number of aliphatic hydroxyl groups excluding tert-OH is 1. The van der Waals surface area contributed by atoms with Gasteiger partial charge in [0.15, 0.2) is 0 Å². The number of aliphatic hydroxyl groups is 1. The number of morpholine rings is 1. The second kappa shape index (κ2) is 5.74. The van der Waals surface area contributed by atoms with E-state index < -0.39 is 0 Å². The Morgan fingerprint density at radius 2 is 2.42 bits per heavy atom. The molecule has 0 saturated carbocycles. The first-order chi connectivity index (χ1) is 9.02. The molecular formula is C14H17NO3S. The molecule has 0 spiro atoms. The quantitative estimate of drug-likeness (QED) is 0.789. The molecule has 1 fully saturated rings. The lowest BCUT2D eigenvalue weighted by Gasteiger charge is -2.38. The Bertz CT molecular complexity index is 524. The SMILES string of the molecule is CC1(C)CN(C(=O)c2csc(C#CCO)c2)CCO1. The maximum absolute atomic E-state index is 12.4. The molecule has 1 aromatic rings. The van der Waals surface area contributed by atoms with Crippen LogP contribution in [0, 0.1) is 11.8 Å². The number of amides is 1. The van der Waals surface area contributed by atoms with Crippen molar-refractivity contribution in [1.82, 2.24) is 4.90 Å². The summed E-state index contributed by atoms with van der Waals surface area (Å²) in [6, 6.07) is 1.78. The van der Waals surface area contributed by atoms with Crippen molar-refractivity contribution in [1.29, 1.82) is 0 Å². The summed E-state index contributed by atoms with van der Waals surface area (Å²) < 4.78 is 5.60. The van der Waals surface area contributed by atoms with Gasteiger partial charge in [-0.1, -0.05) is 11.8 Å². The van der Waals surface area contributed by atoms with Gasteiger partial charge in [0.05, 0.1) is 22.6 Å². The highest BCUT2D eigenvalue weighted by molar-refractivity contribution is 7.10. The van der Waals surface area contributed by atoms with E-state index in [2.05, 4.69) is 11.8 Å². The van der Waals surface area contributed by atoms with Crippen molar-refractivity contribution in [2.24, 2.45) is 0 Å². The Hall–Kier alpha value is -1.35. The fraction of sp³-hybridized carbons (Fsp3) is 0.500. The molecular weight excluding hydrogens is 262 g/mol. The summed E-state index contributed by atoms with van der Waals surface area (Å²) >= 11 is 1.42. The fourth-order valence-electron chi connectivity index (χ4n) is 2.01. The largest absolute Gasteiger partial charge is 0.384 e. The van der Waals surface area contributed by atoms with E-state index >= 15 is 0 Å². The Labute approximate surface area is 117 Å². The van der Waals surface area contributed by atoms with Gasteiger partial charge >= 0.3 is 0 Å². The predicted octanol–water partition coefficient (Wildman–Crippen LogP) is 1.34. The Morgan fingerprint density at radius 3 is 3.11 bits per heavy atom. The van der Waals surface area contributed by atoms with E-state index in [0.29, 0.717) is 25.3 Å². The average molecular weight is 279 g/mol. The number of nitrogens with zero attached hydrogens (tertiary/aromatic N) is 1. The van der Waals surface area contributed by atoms with Crippen LogP contribution in [0.15, 0.2) is 11.4 Å². The van der Waals surface area contributed by atoms with Gasteiger partial charge in [0.25, 0.3) is 5.91 Å². The van der Waals surface area contributed by atoms with E-state index in [4.69, 9.17) is 9.84 Å². The van der Waals surface area contributed by atoms with Gasteiger partial charge in [-0.05, 0) is 19.9 Å². The first-order valence-electron chi connectivity index (χ1n) is 6.13. The van der Waals surface area contributed by atoms with Crippen LogP contribution in [0.5, 0.6) is 0 Å². The third-order valence-corrected chi connectivity index (χ3v) is 3.70. The van der Waals surface area contributed by atoms with Crippen LogP contribution in [0.3, 0.4) is 0 Å². The zero-order valence-corrected chi connectivity index (χ0v) is 11.9. The molecule has 0 unspecified atom stereocenters. The Morgan fingerprint density at radius 1 is 1.63 bits per heavy atom. The van der Waals surface area contributed by atoms with Gasteiger partial charge in [-0.25, -0.2) is 0 Å². The minimum Gasteiger partial charge on any atom is -0.384 e. The van der Waals surface area contributed by atoms with Gasteiger partial charge in [0.1, 0.15) is 6.61 Å². The van der Waals surface area contributed by atoms with E-state index in [1.165, 1.54) is 11.3 Å². The van der Waals surface area contributed by atoms with Crippen LogP contribution >= 0.6 is 11.3 Å². The highest BCUT2D eigenvalue weighted by Gasteiger charge is 2.30. The lowest BCUT2D eigenvalue weighted by atomic mass is 10.1. The second-order valence-electron chi connectivity index (χ2n) is 4.99. The second-order valence-corrected chi connectivity index (χ2v) is 5.91. The van der Waals surface area contributed by atoms with Crippen LogP contribution in [-0.4, -0.2) is 47.8 Å². The van der Waals surface area contributed by atoms with Crippen molar-refractivity contribution in [2.75, 3.05) is 26.3 Å². The molecule has 1 saturated heterocycles. The van der Waals surface area contributed by atoms with E-state index in [-0.39, 0.29) is 18.1 Å². The summed E-state index contributed by atoms with van der Waals surface area (Å²) in [6.07, 6.45) is 0. The van der Waals surface area contributed by atoms with E-state index in [0.717, 1.165) is 4.88 Å². The maximum atomic E-state index is 12.4. The van der Waals surface area contributed by atoms with Crippen molar-refractivity contribution in [3.05, 3.63) is 21.9 Å². The zero-order valence-electron chi connectivity index (χ0n) is 11.1. The Kier molecular flexibility index (Phi) is 4.25. The summed E-state index contributed by atoms with van der Waals surface area (Å²) in [5.74, 6) is 5.41. The molecule has 2 rings (SSSR count). The molecule has 0 atom stereocenters. The van der Waals surface area contributed by atoms with Gasteiger partial charge in [-0.2, -0.15) is 0 Å². The Balaban J connectivity index is 2.09. The summed E-state index contributed by atoms with van der Waals surface area (Å²) in [6.45, 7) is 5.59. The molecule has 5 heteroatoms. The number of rotatable bonds is 1. The average Bonchev–Trinajstić information content (AvgIpc) is 2.83. The van der Waals surface area contributed by atoms with Crippen LogP contribution in [0.25, 0.3) is 0 Å². The first kappa shape index (κ1) is 14.1. The van der Waals surface area contributed by atoms with Crippen molar-refractivity contribution in [3.8, 4) is 11.8 Å². The van der Waals surface area contributed by atoms with Crippen molar-refractivity contribution < 1.29 is 14.6 Å². The molecule has 4 nitrogen and oxygen atoms in total. The lowest BCUT2D eigenvalue weighted by Crippen LogP contribution is -2.50. The zero-order chi connectivity index (χ0) is 13.9. The minimum absolute atomic E-state index is 0.0182. The molecule has 2 heterocycles. The van der Waals surface area contributed by atoms with Crippen molar-refractivity contribution in [2.45, 2.75) is 19.4 Å². The predicted molar refractivity (Wildman–Crippen MR) is 74.2 cm³/mol. The van der Waals surface area contributed by atoms with Gasteiger partial charge in [-0.3, -0.25) is 4.79 Å². The monoisotopic (exact) mass is 279 g/mol. The van der Waals surface area contributed by atoms with Crippen LogP contribution < -0.4 is 0 Å². The van der Waals surface area contributed by atoms with Crippen LogP contribution in [0.1, 0.15) is 29.1 Å². The molecule has 0 aliphatic carbocycles. The molecule has 0 radical (unpaired) electrons. The number of carbonyl (C=O) groups is 1. The molecule has 0 aromatic carbocycles. The molecule has 19 heavy (non-hydrogen) atoms. The van der Waals surface area contributed by atoms with Gasteiger partial charge in [0.2, 0.25) is 0 Å². The number of ether oxygens (including phenoxy) is 1. The number of hydrogen-bond acceptors (Lipinski definition) is 4. The molecule has 1 aromatic heterocycles. The third-order valence-electron chi connectivity index (χ3n) is 2.85. The standard InChI is InChI=1S/C14H17NO3S/c1-14(2)10-15(5-7-18-14)13(17)11-8-12(19-9-11)4-3-6-16/h8-9,16H,5-7,10H2,1-2H3. The summed E-state index contributed by atoms with van der Waals surface area (Å²) in [5, 5.41) is 10.5.